The third kappa shape index (κ3) is 5.55. The van der Waals surface area contributed by atoms with Crippen LogP contribution in [-0.4, -0.2) is 43.4 Å². The van der Waals surface area contributed by atoms with Crippen molar-refractivity contribution in [3.8, 4) is 22.9 Å². The number of nitrogens with zero attached hydrogens (tertiary/aromatic N) is 2. The lowest BCUT2D eigenvalue weighted by Crippen LogP contribution is -2.32. The van der Waals surface area contributed by atoms with Crippen molar-refractivity contribution in [3.63, 3.8) is 0 Å². The average Bonchev–Trinajstić information content (AvgIpc) is 3.12. The third-order valence-corrected chi connectivity index (χ3v) is 5.11. The van der Waals surface area contributed by atoms with Gasteiger partial charge >= 0.3 is 11.8 Å². The van der Waals surface area contributed by atoms with Crippen LogP contribution >= 0.6 is 0 Å². The minimum Gasteiger partial charge on any atom is -0.497 e. The number of ether oxygens (including phenoxy) is 3. The van der Waals surface area contributed by atoms with Crippen molar-refractivity contribution in [3.05, 3.63) is 65.5 Å². The molecule has 1 heterocycles. The molecule has 0 saturated heterocycles. The largest absolute Gasteiger partial charge is 0.497 e. The maximum atomic E-state index is 12.3. The van der Waals surface area contributed by atoms with Crippen LogP contribution in [0, 0.1) is 13.8 Å². The average molecular weight is 465 g/mol. The van der Waals surface area contributed by atoms with Gasteiger partial charge in [-0.05, 0) is 63.2 Å². The van der Waals surface area contributed by atoms with Crippen molar-refractivity contribution in [2.24, 2.45) is 5.10 Å². The van der Waals surface area contributed by atoms with E-state index in [9.17, 15) is 9.59 Å². The fourth-order valence-electron chi connectivity index (χ4n) is 3.47. The Bertz CT molecular complexity index is 1200. The van der Waals surface area contributed by atoms with Gasteiger partial charge in [0.05, 0.1) is 32.7 Å². The smallest absolute Gasteiger partial charge is 0.329 e. The van der Waals surface area contributed by atoms with E-state index in [0.717, 1.165) is 28.4 Å². The Hall–Kier alpha value is -4.27. The van der Waals surface area contributed by atoms with E-state index in [4.69, 9.17) is 14.2 Å². The van der Waals surface area contributed by atoms with Gasteiger partial charge in [-0.15, -0.1) is 0 Å². The number of carbonyl (C=O) groups excluding carboxylic acids is 2. The molecule has 178 valence electrons. The lowest BCUT2D eigenvalue weighted by Gasteiger charge is -2.11. The highest BCUT2D eigenvalue weighted by Gasteiger charge is 2.16. The van der Waals surface area contributed by atoms with E-state index in [-0.39, 0.29) is 0 Å². The second-order valence-electron chi connectivity index (χ2n) is 7.31. The Balaban J connectivity index is 1.66. The van der Waals surface area contributed by atoms with Crippen molar-refractivity contribution in [2.45, 2.75) is 20.8 Å². The van der Waals surface area contributed by atoms with Crippen LogP contribution in [0.2, 0.25) is 0 Å². The molecule has 0 radical (unpaired) electrons. The van der Waals surface area contributed by atoms with Gasteiger partial charge in [0.2, 0.25) is 0 Å². The van der Waals surface area contributed by atoms with Gasteiger partial charge in [0.1, 0.15) is 17.2 Å². The summed E-state index contributed by atoms with van der Waals surface area (Å²) in [5, 5.41) is 6.45. The first-order valence-electron chi connectivity index (χ1n) is 10.7. The predicted octanol–water partition coefficient (Wildman–Crippen LogP) is 3.60. The highest BCUT2D eigenvalue weighted by Crippen LogP contribution is 2.29. The molecule has 2 aromatic carbocycles. The molecule has 0 bridgehead atoms. The molecule has 34 heavy (non-hydrogen) atoms. The summed E-state index contributed by atoms with van der Waals surface area (Å²) in [6.45, 7) is 6.49. The number of rotatable bonds is 8. The maximum Gasteiger partial charge on any atom is 0.329 e. The topological polar surface area (TPSA) is 103 Å². The fraction of sp³-hybridized carbons (Fsp3) is 0.240. The molecule has 0 aliphatic rings. The number of hydrogen-bond donors (Lipinski definition) is 2. The van der Waals surface area contributed by atoms with E-state index in [1.165, 1.54) is 20.4 Å². The van der Waals surface area contributed by atoms with Gasteiger partial charge in [-0.1, -0.05) is 0 Å². The number of amides is 2. The highest BCUT2D eigenvalue weighted by atomic mass is 16.5. The van der Waals surface area contributed by atoms with E-state index in [2.05, 4.69) is 20.4 Å². The summed E-state index contributed by atoms with van der Waals surface area (Å²) in [6.07, 6.45) is 1.51. The number of anilines is 1. The summed E-state index contributed by atoms with van der Waals surface area (Å²) in [5.74, 6) is -0.0452. The Morgan fingerprint density at radius 2 is 1.68 bits per heavy atom. The zero-order valence-corrected chi connectivity index (χ0v) is 19.8. The second-order valence-corrected chi connectivity index (χ2v) is 7.31. The van der Waals surface area contributed by atoms with E-state index >= 15 is 0 Å². The number of methoxy groups -OCH3 is 2. The van der Waals surface area contributed by atoms with Crippen LogP contribution in [0.5, 0.6) is 17.2 Å². The number of benzene rings is 2. The third-order valence-electron chi connectivity index (χ3n) is 5.11. The lowest BCUT2D eigenvalue weighted by molar-refractivity contribution is -0.136. The summed E-state index contributed by atoms with van der Waals surface area (Å²) in [5.41, 5.74) is 6.32. The molecule has 3 aromatic rings. The maximum absolute atomic E-state index is 12.3. The van der Waals surface area contributed by atoms with Crippen LogP contribution in [-0.2, 0) is 9.59 Å². The van der Waals surface area contributed by atoms with Crippen molar-refractivity contribution in [1.82, 2.24) is 9.99 Å². The lowest BCUT2D eigenvalue weighted by atomic mass is 10.2. The Labute approximate surface area is 198 Å². The summed E-state index contributed by atoms with van der Waals surface area (Å²) in [4.78, 5) is 24.5. The van der Waals surface area contributed by atoms with Crippen molar-refractivity contribution in [1.29, 1.82) is 0 Å². The minimum absolute atomic E-state index is 0.339. The molecule has 0 unspecified atom stereocenters. The van der Waals surface area contributed by atoms with Gasteiger partial charge in [-0.2, -0.15) is 5.10 Å². The van der Waals surface area contributed by atoms with E-state index in [1.807, 2.05) is 51.1 Å². The summed E-state index contributed by atoms with van der Waals surface area (Å²) >= 11 is 0. The summed E-state index contributed by atoms with van der Waals surface area (Å²) in [7, 11) is 2.98. The number of carbonyl (C=O) groups is 2. The standard InChI is InChI=1S/C25H28N4O5/c1-6-34-20-9-7-19(8-10-20)29-16(2)13-18(17(29)3)15-26-28-25(31)24(30)27-22-12-11-21(32-4)14-23(22)33-5/h7-15H,6H2,1-5H3,(H,27,30)(H,28,31)/b26-15-. The number of hydrogen-bond acceptors (Lipinski definition) is 6. The number of aromatic nitrogens is 1. The molecule has 9 nitrogen and oxygen atoms in total. The van der Waals surface area contributed by atoms with Gasteiger partial charge in [-0.3, -0.25) is 9.59 Å². The van der Waals surface area contributed by atoms with Gasteiger partial charge < -0.3 is 24.1 Å². The van der Waals surface area contributed by atoms with Gasteiger partial charge in [-0.25, -0.2) is 5.43 Å². The second kappa shape index (κ2) is 11.0. The van der Waals surface area contributed by atoms with Gasteiger partial charge in [0.15, 0.2) is 0 Å². The minimum atomic E-state index is -0.908. The van der Waals surface area contributed by atoms with Gasteiger partial charge in [0, 0.05) is 28.7 Å². The molecular weight excluding hydrogens is 436 g/mol. The molecular formula is C25H28N4O5. The molecule has 0 aliphatic heterocycles. The monoisotopic (exact) mass is 464 g/mol. The molecule has 0 spiro atoms. The highest BCUT2D eigenvalue weighted by molar-refractivity contribution is 6.39. The molecule has 0 saturated carbocycles. The number of hydrazone groups is 1. The van der Waals surface area contributed by atoms with Crippen LogP contribution in [0.25, 0.3) is 5.69 Å². The number of aryl methyl sites for hydroxylation is 1. The number of nitrogens with one attached hydrogen (secondary N) is 2. The Morgan fingerprint density at radius 1 is 0.971 bits per heavy atom. The molecule has 9 heteroatoms. The SMILES string of the molecule is CCOc1ccc(-n2c(C)cc(/C=N\NC(=O)C(=O)Nc3ccc(OC)cc3OC)c2C)cc1. The molecule has 2 N–H and O–H groups in total. The van der Waals surface area contributed by atoms with Crippen molar-refractivity contribution < 1.29 is 23.8 Å². The van der Waals surface area contributed by atoms with Crippen LogP contribution in [0.4, 0.5) is 5.69 Å². The molecule has 0 atom stereocenters. The van der Waals surface area contributed by atoms with Crippen LogP contribution < -0.4 is 25.0 Å². The molecule has 0 fully saturated rings. The van der Waals surface area contributed by atoms with Crippen molar-refractivity contribution in [2.75, 3.05) is 26.1 Å². The van der Waals surface area contributed by atoms with E-state index in [0.29, 0.717) is 23.8 Å². The fourth-order valence-corrected chi connectivity index (χ4v) is 3.47. The van der Waals surface area contributed by atoms with Crippen molar-refractivity contribution >= 4 is 23.7 Å². The molecule has 1 aromatic heterocycles. The summed E-state index contributed by atoms with van der Waals surface area (Å²) < 4.78 is 17.9. The van der Waals surface area contributed by atoms with Gasteiger partial charge in [0.25, 0.3) is 0 Å². The van der Waals surface area contributed by atoms with E-state index in [1.54, 1.807) is 18.2 Å². The quantitative estimate of drug-likeness (QED) is 0.301. The van der Waals surface area contributed by atoms with Crippen LogP contribution in [0.3, 0.4) is 0 Å². The normalized spacial score (nSPS) is 10.7. The predicted molar refractivity (Wildman–Crippen MR) is 130 cm³/mol. The molecule has 2 amide bonds. The first-order chi connectivity index (χ1) is 16.4. The zero-order valence-electron chi connectivity index (χ0n) is 19.8. The molecule has 0 aliphatic carbocycles. The molecule has 3 rings (SSSR count). The first-order valence-corrected chi connectivity index (χ1v) is 10.7. The zero-order chi connectivity index (χ0) is 24.7. The van der Waals surface area contributed by atoms with E-state index < -0.39 is 11.8 Å². The van der Waals surface area contributed by atoms with Crippen LogP contribution in [0.15, 0.2) is 53.6 Å². The first kappa shape index (κ1) is 24.4. The van der Waals surface area contributed by atoms with Crippen LogP contribution in [0.1, 0.15) is 23.9 Å². The Morgan fingerprint density at radius 3 is 2.32 bits per heavy atom. The summed E-state index contributed by atoms with van der Waals surface area (Å²) in [6, 6.07) is 14.6. The Kier molecular flexibility index (Phi) is 7.92.